The summed E-state index contributed by atoms with van der Waals surface area (Å²) in [6, 6.07) is 15.0. The van der Waals surface area contributed by atoms with Crippen LogP contribution in [0.4, 0.5) is 0 Å². The van der Waals surface area contributed by atoms with Crippen LogP contribution in [-0.2, 0) is 6.54 Å². The molecule has 0 radical (unpaired) electrons. The Balaban J connectivity index is 1.97. The molecule has 1 aromatic carbocycles. The second-order valence-electron chi connectivity index (χ2n) is 5.62. The predicted octanol–water partition coefficient (Wildman–Crippen LogP) is 3.38. The molecule has 26 heavy (non-hydrogen) atoms. The van der Waals surface area contributed by atoms with Crippen molar-refractivity contribution in [1.82, 2.24) is 24.1 Å². The minimum absolute atomic E-state index is 0.211. The molecule has 4 rings (SSSR count). The van der Waals surface area contributed by atoms with Crippen LogP contribution in [0.2, 0.25) is 5.15 Å². The molecule has 0 aliphatic carbocycles. The Hall–Kier alpha value is -2.64. The van der Waals surface area contributed by atoms with E-state index in [1.54, 1.807) is 18.3 Å². The maximum absolute atomic E-state index is 12.6. The van der Waals surface area contributed by atoms with Gasteiger partial charge in [0.15, 0.2) is 0 Å². The van der Waals surface area contributed by atoms with E-state index < -0.39 is 0 Å². The second-order valence-corrected chi connectivity index (χ2v) is 6.78. The molecule has 0 unspecified atom stereocenters. The fourth-order valence-corrected chi connectivity index (χ4v) is 3.19. The highest BCUT2D eigenvalue weighted by molar-refractivity contribution is 7.98. The van der Waals surface area contributed by atoms with Gasteiger partial charge in [-0.25, -0.2) is 4.98 Å². The zero-order valence-corrected chi connectivity index (χ0v) is 15.4. The number of halogens is 1. The lowest BCUT2D eigenvalue weighted by atomic mass is 10.1. The largest absolute Gasteiger partial charge is 0.305 e. The molecule has 0 spiro atoms. The molecule has 0 saturated heterocycles. The molecular formula is C18H14ClN5OS. The van der Waals surface area contributed by atoms with E-state index in [1.807, 2.05) is 47.2 Å². The molecule has 0 atom stereocenters. The van der Waals surface area contributed by atoms with E-state index in [9.17, 15) is 4.79 Å². The van der Waals surface area contributed by atoms with Crippen LogP contribution >= 0.6 is 23.4 Å². The summed E-state index contributed by atoms with van der Waals surface area (Å²) in [5, 5.41) is 5.27. The highest BCUT2D eigenvalue weighted by atomic mass is 35.5. The molecule has 6 nitrogen and oxygen atoms in total. The third-order valence-corrected chi connectivity index (χ3v) is 4.71. The molecule has 3 aromatic heterocycles. The summed E-state index contributed by atoms with van der Waals surface area (Å²) >= 11 is 7.29. The van der Waals surface area contributed by atoms with E-state index in [1.165, 1.54) is 16.3 Å². The van der Waals surface area contributed by atoms with Gasteiger partial charge in [0.1, 0.15) is 5.15 Å². The van der Waals surface area contributed by atoms with Gasteiger partial charge in [0.05, 0.1) is 12.2 Å². The average molecular weight is 384 g/mol. The molecule has 0 N–H and O–H groups in total. The van der Waals surface area contributed by atoms with Gasteiger partial charge >= 0.3 is 0 Å². The summed E-state index contributed by atoms with van der Waals surface area (Å²) in [5.41, 5.74) is 2.45. The quantitative estimate of drug-likeness (QED) is 0.399. The van der Waals surface area contributed by atoms with E-state index >= 15 is 0 Å². The number of rotatable bonds is 4. The lowest BCUT2D eigenvalue weighted by Gasteiger charge is -2.14. The molecule has 0 aliphatic rings. The molecule has 0 saturated carbocycles. The molecule has 8 heteroatoms. The summed E-state index contributed by atoms with van der Waals surface area (Å²) < 4.78 is 3.30. The smallest absolute Gasteiger partial charge is 0.276 e. The molecule has 130 valence electrons. The predicted molar refractivity (Wildman–Crippen MR) is 103 cm³/mol. The highest BCUT2D eigenvalue weighted by Gasteiger charge is 2.15. The molecule has 0 aliphatic heterocycles. The first-order valence-corrected chi connectivity index (χ1v) is 9.46. The molecule has 0 bridgehead atoms. The lowest BCUT2D eigenvalue weighted by molar-refractivity contribution is 0.759. The van der Waals surface area contributed by atoms with Gasteiger partial charge in [-0.15, -0.1) is 5.10 Å². The maximum Gasteiger partial charge on any atom is 0.276 e. The normalized spacial score (nSPS) is 11.2. The van der Waals surface area contributed by atoms with Crippen molar-refractivity contribution in [2.75, 3.05) is 6.26 Å². The first-order valence-electron chi connectivity index (χ1n) is 7.86. The number of fused-ring (bicyclic) bond motifs is 1. The zero-order valence-electron chi connectivity index (χ0n) is 13.8. The highest BCUT2D eigenvalue weighted by Crippen LogP contribution is 2.22. The van der Waals surface area contributed by atoms with E-state index in [-0.39, 0.29) is 5.56 Å². The first-order chi connectivity index (χ1) is 12.7. The Kier molecular flexibility index (Phi) is 4.48. The Morgan fingerprint density at radius 3 is 2.65 bits per heavy atom. The van der Waals surface area contributed by atoms with E-state index in [0.717, 1.165) is 16.8 Å². The van der Waals surface area contributed by atoms with Gasteiger partial charge < -0.3 is 4.57 Å². The average Bonchev–Trinajstić information content (AvgIpc) is 3.11. The molecule has 0 amide bonds. The number of hydrogen-bond donors (Lipinski definition) is 0. The van der Waals surface area contributed by atoms with Crippen molar-refractivity contribution in [3.05, 3.63) is 75.8 Å². The van der Waals surface area contributed by atoms with Crippen molar-refractivity contribution in [2.45, 2.75) is 11.7 Å². The van der Waals surface area contributed by atoms with Crippen LogP contribution in [0.25, 0.3) is 17.0 Å². The number of pyridine rings is 1. The molecule has 3 heterocycles. The van der Waals surface area contributed by atoms with Crippen LogP contribution in [0.15, 0.2) is 64.7 Å². The van der Waals surface area contributed by atoms with Crippen LogP contribution < -0.4 is 5.56 Å². The topological polar surface area (TPSA) is 65.1 Å². The summed E-state index contributed by atoms with van der Waals surface area (Å²) in [7, 11) is 0. The summed E-state index contributed by atoms with van der Waals surface area (Å²) in [6.45, 7) is 0.491. The number of nitrogens with zero attached hydrogens (tertiary/aromatic N) is 5. The zero-order chi connectivity index (χ0) is 18.1. The first kappa shape index (κ1) is 16.8. The van der Waals surface area contributed by atoms with Crippen LogP contribution in [0, 0.1) is 0 Å². The SMILES string of the molecule is CSc1nc2n(Cc3ccc(Cl)nc3)c(-c3ccccc3)cc(=O)n2n1. The van der Waals surface area contributed by atoms with Crippen molar-refractivity contribution in [1.29, 1.82) is 0 Å². The summed E-state index contributed by atoms with van der Waals surface area (Å²) in [6.07, 6.45) is 3.60. The Labute approximate surface area is 158 Å². The Morgan fingerprint density at radius 1 is 1.15 bits per heavy atom. The Morgan fingerprint density at radius 2 is 1.96 bits per heavy atom. The standard InChI is InChI=1S/C18H14ClN5OS/c1-26-17-21-18-23(11-12-7-8-15(19)20-10-12)14(9-16(25)24(18)22-17)13-5-3-2-4-6-13/h2-10H,11H2,1H3. The van der Waals surface area contributed by atoms with Gasteiger partial charge in [-0.05, 0) is 23.4 Å². The van der Waals surface area contributed by atoms with Crippen LogP contribution in [0.3, 0.4) is 0 Å². The number of aromatic nitrogens is 5. The van der Waals surface area contributed by atoms with Gasteiger partial charge in [0.2, 0.25) is 10.9 Å². The minimum Gasteiger partial charge on any atom is -0.305 e. The third-order valence-electron chi connectivity index (χ3n) is 3.95. The van der Waals surface area contributed by atoms with Crippen molar-refractivity contribution in [2.24, 2.45) is 0 Å². The fraction of sp³-hybridized carbons (Fsp3) is 0.111. The third kappa shape index (κ3) is 3.11. The molecule has 0 fully saturated rings. The van der Waals surface area contributed by atoms with Crippen LogP contribution in [0.5, 0.6) is 0 Å². The van der Waals surface area contributed by atoms with Gasteiger partial charge in [-0.1, -0.05) is 59.8 Å². The van der Waals surface area contributed by atoms with Gasteiger partial charge in [-0.2, -0.15) is 9.50 Å². The van der Waals surface area contributed by atoms with Gasteiger partial charge in [0, 0.05) is 12.3 Å². The summed E-state index contributed by atoms with van der Waals surface area (Å²) in [5.74, 6) is 0.496. The lowest BCUT2D eigenvalue weighted by Crippen LogP contribution is -2.20. The molecular weight excluding hydrogens is 370 g/mol. The van der Waals surface area contributed by atoms with E-state index in [0.29, 0.717) is 22.6 Å². The monoisotopic (exact) mass is 383 g/mol. The van der Waals surface area contributed by atoms with Crippen molar-refractivity contribution >= 4 is 29.1 Å². The van der Waals surface area contributed by atoms with Crippen LogP contribution in [0.1, 0.15) is 5.56 Å². The molecule has 4 aromatic rings. The Bertz CT molecular complexity index is 1120. The second kappa shape index (κ2) is 6.93. The van der Waals surface area contributed by atoms with E-state index in [4.69, 9.17) is 11.6 Å². The van der Waals surface area contributed by atoms with Crippen molar-refractivity contribution < 1.29 is 0 Å². The van der Waals surface area contributed by atoms with Crippen molar-refractivity contribution in [3.8, 4) is 11.3 Å². The minimum atomic E-state index is -0.211. The van der Waals surface area contributed by atoms with Crippen LogP contribution in [-0.4, -0.2) is 30.4 Å². The van der Waals surface area contributed by atoms with Gasteiger partial charge in [0.25, 0.3) is 5.56 Å². The van der Waals surface area contributed by atoms with Crippen molar-refractivity contribution in [3.63, 3.8) is 0 Å². The van der Waals surface area contributed by atoms with Gasteiger partial charge in [-0.3, -0.25) is 4.79 Å². The maximum atomic E-state index is 12.6. The van der Waals surface area contributed by atoms with E-state index in [2.05, 4.69) is 15.1 Å². The number of thioether (sulfide) groups is 1. The summed E-state index contributed by atoms with van der Waals surface area (Å²) in [4.78, 5) is 21.2. The number of hydrogen-bond acceptors (Lipinski definition) is 5. The number of benzene rings is 1. The fourth-order valence-electron chi connectivity index (χ4n) is 2.74.